The lowest BCUT2D eigenvalue weighted by Crippen LogP contribution is -2.10. The van der Waals surface area contributed by atoms with Crippen molar-refractivity contribution in [3.63, 3.8) is 0 Å². The summed E-state index contributed by atoms with van der Waals surface area (Å²) in [7, 11) is 0. The number of nitro groups is 1. The highest BCUT2D eigenvalue weighted by molar-refractivity contribution is 5.62. The van der Waals surface area contributed by atoms with Crippen LogP contribution in [0.15, 0.2) is 55.1 Å². The van der Waals surface area contributed by atoms with Crippen LogP contribution in [0, 0.1) is 10.1 Å². The molecule has 108 valence electrons. The Balaban J connectivity index is 1.95. The topological polar surface area (TPSA) is 55.2 Å². The van der Waals surface area contributed by atoms with Crippen molar-refractivity contribution in [3.8, 4) is 0 Å². The van der Waals surface area contributed by atoms with E-state index in [1.54, 1.807) is 12.1 Å². The summed E-state index contributed by atoms with van der Waals surface area (Å²) in [4.78, 5) is 10.2. The standard InChI is InChI=1S/C17H18N2O2/c1-3-14-4-6-15(7-5-14)12-18-13(2)16-8-10-17(11-9-16)19(20)21/h4-11,18H,2-3,12H2,1H3. The normalized spacial score (nSPS) is 10.1. The first kappa shape index (κ1) is 14.8. The fourth-order valence-electron chi connectivity index (χ4n) is 1.99. The Morgan fingerprint density at radius 2 is 1.67 bits per heavy atom. The average Bonchev–Trinajstić information content (AvgIpc) is 2.53. The second kappa shape index (κ2) is 6.70. The quantitative estimate of drug-likeness (QED) is 0.645. The van der Waals surface area contributed by atoms with Gasteiger partial charge in [-0.3, -0.25) is 10.1 Å². The zero-order valence-electron chi connectivity index (χ0n) is 12.0. The van der Waals surface area contributed by atoms with E-state index < -0.39 is 4.92 Å². The van der Waals surface area contributed by atoms with Gasteiger partial charge in [0.25, 0.3) is 5.69 Å². The summed E-state index contributed by atoms with van der Waals surface area (Å²) in [6, 6.07) is 14.8. The number of nitrogens with zero attached hydrogens (tertiary/aromatic N) is 1. The van der Waals surface area contributed by atoms with Gasteiger partial charge in [-0.1, -0.05) is 37.8 Å². The van der Waals surface area contributed by atoms with Crippen molar-refractivity contribution >= 4 is 11.4 Å². The van der Waals surface area contributed by atoms with Crippen molar-refractivity contribution in [2.24, 2.45) is 0 Å². The third kappa shape index (κ3) is 3.92. The lowest BCUT2D eigenvalue weighted by atomic mass is 10.1. The summed E-state index contributed by atoms with van der Waals surface area (Å²) < 4.78 is 0. The Morgan fingerprint density at radius 3 is 2.19 bits per heavy atom. The van der Waals surface area contributed by atoms with Crippen molar-refractivity contribution in [2.75, 3.05) is 0 Å². The molecule has 0 unspecified atom stereocenters. The second-order valence-electron chi connectivity index (χ2n) is 4.81. The molecule has 0 atom stereocenters. The molecule has 0 spiro atoms. The minimum Gasteiger partial charge on any atom is -0.381 e. The van der Waals surface area contributed by atoms with Gasteiger partial charge in [-0.15, -0.1) is 0 Å². The highest BCUT2D eigenvalue weighted by Gasteiger charge is 2.05. The first-order valence-corrected chi connectivity index (χ1v) is 6.85. The summed E-state index contributed by atoms with van der Waals surface area (Å²) >= 11 is 0. The monoisotopic (exact) mass is 282 g/mol. The Hall–Kier alpha value is -2.62. The van der Waals surface area contributed by atoms with E-state index in [0.29, 0.717) is 6.54 Å². The van der Waals surface area contributed by atoms with Crippen molar-refractivity contribution in [1.82, 2.24) is 5.32 Å². The molecule has 0 bridgehead atoms. The molecule has 0 aliphatic rings. The first-order valence-electron chi connectivity index (χ1n) is 6.85. The minimum absolute atomic E-state index is 0.0849. The fraction of sp³-hybridized carbons (Fsp3) is 0.176. The molecule has 0 aliphatic carbocycles. The Labute approximate surface area is 124 Å². The number of hydrogen-bond acceptors (Lipinski definition) is 3. The lowest BCUT2D eigenvalue weighted by molar-refractivity contribution is -0.384. The van der Waals surface area contributed by atoms with E-state index >= 15 is 0 Å². The molecular weight excluding hydrogens is 264 g/mol. The molecule has 4 nitrogen and oxygen atoms in total. The van der Waals surface area contributed by atoms with Gasteiger partial charge in [-0.25, -0.2) is 0 Å². The zero-order valence-corrected chi connectivity index (χ0v) is 12.0. The molecule has 21 heavy (non-hydrogen) atoms. The summed E-state index contributed by atoms with van der Waals surface area (Å²) in [5, 5.41) is 13.8. The van der Waals surface area contributed by atoms with E-state index in [9.17, 15) is 10.1 Å². The molecule has 4 heteroatoms. The molecule has 2 aromatic carbocycles. The van der Waals surface area contributed by atoms with E-state index in [0.717, 1.165) is 17.7 Å². The molecule has 0 heterocycles. The molecule has 0 aliphatic heterocycles. The number of nitro benzene ring substituents is 1. The zero-order chi connectivity index (χ0) is 15.2. The van der Waals surface area contributed by atoms with Crippen LogP contribution < -0.4 is 5.32 Å². The van der Waals surface area contributed by atoms with E-state index in [1.165, 1.54) is 23.3 Å². The Morgan fingerprint density at radius 1 is 1.10 bits per heavy atom. The van der Waals surface area contributed by atoms with E-state index in [2.05, 4.69) is 43.1 Å². The van der Waals surface area contributed by atoms with Gasteiger partial charge in [0.15, 0.2) is 0 Å². The predicted molar refractivity (Wildman–Crippen MR) is 84.8 cm³/mol. The third-order valence-electron chi connectivity index (χ3n) is 3.36. The molecule has 0 aromatic heterocycles. The van der Waals surface area contributed by atoms with Crippen LogP contribution in [0.25, 0.3) is 5.70 Å². The smallest absolute Gasteiger partial charge is 0.269 e. The number of nitrogens with one attached hydrogen (secondary N) is 1. The number of non-ortho nitro benzene ring substituents is 1. The maximum atomic E-state index is 10.6. The summed E-state index contributed by atoms with van der Waals surface area (Å²) in [5.74, 6) is 0. The fourth-order valence-corrected chi connectivity index (χ4v) is 1.99. The van der Waals surface area contributed by atoms with Crippen LogP contribution in [0.1, 0.15) is 23.6 Å². The number of rotatable bonds is 6. The summed E-state index contributed by atoms with van der Waals surface area (Å²) in [5.41, 5.74) is 4.18. The van der Waals surface area contributed by atoms with Gasteiger partial charge in [-0.2, -0.15) is 0 Å². The van der Waals surface area contributed by atoms with Crippen LogP contribution >= 0.6 is 0 Å². The molecule has 2 aromatic rings. The van der Waals surface area contributed by atoms with Crippen molar-refractivity contribution in [3.05, 3.63) is 81.9 Å². The maximum absolute atomic E-state index is 10.6. The van der Waals surface area contributed by atoms with Crippen molar-refractivity contribution in [1.29, 1.82) is 0 Å². The highest BCUT2D eigenvalue weighted by atomic mass is 16.6. The Kier molecular flexibility index (Phi) is 4.72. The van der Waals surface area contributed by atoms with Gasteiger partial charge in [0, 0.05) is 24.4 Å². The molecular formula is C17H18N2O2. The Bertz CT molecular complexity index is 631. The lowest BCUT2D eigenvalue weighted by Gasteiger charge is -2.10. The first-order chi connectivity index (χ1) is 10.1. The molecule has 2 rings (SSSR count). The number of hydrogen-bond donors (Lipinski definition) is 1. The van der Waals surface area contributed by atoms with Crippen LogP contribution in [0.5, 0.6) is 0 Å². The molecule has 0 radical (unpaired) electrons. The van der Waals surface area contributed by atoms with Crippen LogP contribution in [0.2, 0.25) is 0 Å². The van der Waals surface area contributed by atoms with Gasteiger partial charge in [0.2, 0.25) is 0 Å². The number of aryl methyl sites for hydroxylation is 1. The van der Waals surface area contributed by atoms with Gasteiger partial charge >= 0.3 is 0 Å². The predicted octanol–water partition coefficient (Wildman–Crippen LogP) is 3.92. The van der Waals surface area contributed by atoms with Gasteiger partial charge in [-0.05, 0) is 35.2 Å². The summed E-state index contributed by atoms with van der Waals surface area (Å²) in [6.07, 6.45) is 1.03. The highest BCUT2D eigenvalue weighted by Crippen LogP contribution is 2.16. The molecule has 0 amide bonds. The molecule has 0 saturated carbocycles. The number of benzene rings is 2. The van der Waals surface area contributed by atoms with Crippen LogP contribution in [0.3, 0.4) is 0 Å². The molecule has 0 fully saturated rings. The average molecular weight is 282 g/mol. The van der Waals surface area contributed by atoms with Crippen LogP contribution in [0.4, 0.5) is 5.69 Å². The SMILES string of the molecule is C=C(NCc1ccc(CC)cc1)c1ccc([N+](=O)[O-])cc1. The van der Waals surface area contributed by atoms with E-state index in [-0.39, 0.29) is 5.69 Å². The van der Waals surface area contributed by atoms with Crippen LogP contribution in [-0.2, 0) is 13.0 Å². The summed E-state index contributed by atoms with van der Waals surface area (Å²) in [6.45, 7) is 6.78. The van der Waals surface area contributed by atoms with Crippen LogP contribution in [-0.4, -0.2) is 4.92 Å². The van der Waals surface area contributed by atoms with Crippen molar-refractivity contribution < 1.29 is 4.92 Å². The molecule has 0 saturated heterocycles. The van der Waals surface area contributed by atoms with Gasteiger partial charge < -0.3 is 5.32 Å². The minimum atomic E-state index is -0.407. The maximum Gasteiger partial charge on any atom is 0.269 e. The van der Waals surface area contributed by atoms with Crippen molar-refractivity contribution in [2.45, 2.75) is 19.9 Å². The van der Waals surface area contributed by atoms with Gasteiger partial charge in [0.05, 0.1) is 4.92 Å². The molecule has 1 N–H and O–H groups in total. The third-order valence-corrected chi connectivity index (χ3v) is 3.36. The second-order valence-corrected chi connectivity index (χ2v) is 4.81. The van der Waals surface area contributed by atoms with E-state index in [1.807, 2.05) is 0 Å². The van der Waals surface area contributed by atoms with E-state index in [4.69, 9.17) is 0 Å². The largest absolute Gasteiger partial charge is 0.381 e. The van der Waals surface area contributed by atoms with Gasteiger partial charge in [0.1, 0.15) is 0 Å².